The molecule has 0 N–H and O–H groups in total. The lowest BCUT2D eigenvalue weighted by molar-refractivity contribution is -0.117. The third-order valence-corrected chi connectivity index (χ3v) is 1.85. The summed E-state index contributed by atoms with van der Waals surface area (Å²) in [5, 5.41) is 0. The normalized spacial score (nSPS) is 8.06. The van der Waals surface area contributed by atoms with Gasteiger partial charge >= 0.3 is 0 Å². The molecule has 92 valence electrons. The van der Waals surface area contributed by atoms with Crippen molar-refractivity contribution < 1.29 is 4.79 Å². The Morgan fingerprint density at radius 1 is 1.06 bits per heavy atom. The Morgan fingerprint density at radius 2 is 1.56 bits per heavy atom. The summed E-state index contributed by atoms with van der Waals surface area (Å²) in [6.45, 7) is 9.78. The smallest absolute Gasteiger partial charge is 0.129 e. The van der Waals surface area contributed by atoms with Gasteiger partial charge in [0.05, 0.1) is 0 Å². The van der Waals surface area contributed by atoms with Gasteiger partial charge in [0.25, 0.3) is 0 Å². The molecule has 1 aromatic carbocycles. The molecule has 0 aliphatic heterocycles. The van der Waals surface area contributed by atoms with Crippen LogP contribution in [0.3, 0.4) is 0 Å². The van der Waals surface area contributed by atoms with E-state index in [9.17, 15) is 4.79 Å². The van der Waals surface area contributed by atoms with Crippen LogP contribution >= 0.6 is 0 Å². The van der Waals surface area contributed by atoms with Gasteiger partial charge in [0, 0.05) is 6.42 Å². The Hall–Kier alpha value is -1.11. The Labute approximate surface area is 101 Å². The van der Waals surface area contributed by atoms with Crippen molar-refractivity contribution in [2.45, 2.75) is 53.9 Å². The molecule has 0 atom stereocenters. The topological polar surface area (TPSA) is 17.1 Å². The predicted molar refractivity (Wildman–Crippen MR) is 72.8 cm³/mol. The van der Waals surface area contributed by atoms with Crippen LogP contribution in [0.1, 0.15) is 53.0 Å². The highest BCUT2D eigenvalue weighted by Crippen LogP contribution is 1.96. The van der Waals surface area contributed by atoms with Crippen LogP contribution in [0.2, 0.25) is 0 Å². The quantitative estimate of drug-likeness (QED) is 0.727. The molecule has 1 rings (SSSR count). The van der Waals surface area contributed by atoms with Crippen molar-refractivity contribution >= 4 is 5.78 Å². The molecule has 0 heterocycles. The fraction of sp³-hybridized carbons (Fsp3) is 0.533. The van der Waals surface area contributed by atoms with E-state index in [1.54, 1.807) is 6.92 Å². The number of Topliss-reactive ketones (excluding diaryl/α,β-unsaturated/α-hetero) is 1. The molecule has 1 nitrogen and oxygen atoms in total. The van der Waals surface area contributed by atoms with Gasteiger partial charge in [0.15, 0.2) is 0 Å². The highest BCUT2D eigenvalue weighted by Gasteiger charge is 1.83. The highest BCUT2D eigenvalue weighted by atomic mass is 16.1. The summed E-state index contributed by atoms with van der Waals surface area (Å²) in [5.41, 5.74) is 1.41. The first-order valence-electron chi connectivity index (χ1n) is 6.24. The molecule has 0 aromatic heterocycles. The molecule has 0 fully saturated rings. The van der Waals surface area contributed by atoms with Gasteiger partial charge < -0.3 is 4.79 Å². The number of benzene rings is 1. The molecule has 0 saturated heterocycles. The van der Waals surface area contributed by atoms with Crippen LogP contribution in [0.4, 0.5) is 0 Å². The standard InChI is InChI=1S/C8H10.C5H10O.C2H6/c1-2-8-6-4-3-5-7-8;1-3-4-5(2)6;1-2/h3-7H,2H2,1H3;3-4H2,1-2H3;1-2H3. The van der Waals surface area contributed by atoms with Gasteiger partial charge in [-0.2, -0.15) is 0 Å². The Morgan fingerprint density at radius 3 is 1.75 bits per heavy atom. The number of ketones is 1. The SMILES string of the molecule is CC.CCCC(C)=O.CCc1ccccc1. The highest BCUT2D eigenvalue weighted by molar-refractivity contribution is 5.75. The van der Waals surface area contributed by atoms with Crippen LogP contribution in [0.15, 0.2) is 30.3 Å². The Kier molecular flexibility index (Phi) is 15.0. The van der Waals surface area contributed by atoms with Gasteiger partial charge in [-0.25, -0.2) is 0 Å². The van der Waals surface area contributed by atoms with Gasteiger partial charge in [-0.1, -0.05) is 58.0 Å². The van der Waals surface area contributed by atoms with Crippen LogP contribution in [-0.4, -0.2) is 5.78 Å². The molecule has 1 heteroatoms. The van der Waals surface area contributed by atoms with Crippen molar-refractivity contribution in [2.75, 3.05) is 0 Å². The maximum absolute atomic E-state index is 10.0. The fourth-order valence-corrected chi connectivity index (χ4v) is 1.07. The van der Waals surface area contributed by atoms with Gasteiger partial charge in [0.1, 0.15) is 5.78 Å². The number of aryl methyl sites for hydroxylation is 1. The molecule has 0 bridgehead atoms. The van der Waals surface area contributed by atoms with Crippen LogP contribution in [-0.2, 0) is 11.2 Å². The first kappa shape index (κ1) is 17.3. The second kappa shape index (κ2) is 13.9. The van der Waals surface area contributed by atoms with Gasteiger partial charge in [-0.15, -0.1) is 0 Å². The fourth-order valence-electron chi connectivity index (χ4n) is 1.07. The van der Waals surface area contributed by atoms with E-state index < -0.39 is 0 Å². The minimum Gasteiger partial charge on any atom is -0.300 e. The summed E-state index contributed by atoms with van der Waals surface area (Å²) >= 11 is 0. The van der Waals surface area contributed by atoms with Gasteiger partial charge in [0.2, 0.25) is 0 Å². The van der Waals surface area contributed by atoms with Crippen molar-refractivity contribution in [3.05, 3.63) is 35.9 Å². The summed E-state index contributed by atoms with van der Waals surface area (Å²) in [6, 6.07) is 10.5. The summed E-state index contributed by atoms with van der Waals surface area (Å²) in [6.07, 6.45) is 2.86. The van der Waals surface area contributed by atoms with Gasteiger partial charge in [-0.05, 0) is 25.3 Å². The summed E-state index contributed by atoms with van der Waals surface area (Å²) in [5.74, 6) is 0.289. The maximum Gasteiger partial charge on any atom is 0.129 e. The summed E-state index contributed by atoms with van der Waals surface area (Å²) < 4.78 is 0. The molecule has 0 saturated carbocycles. The van der Waals surface area contributed by atoms with Crippen molar-refractivity contribution in [2.24, 2.45) is 0 Å². The molecule has 16 heavy (non-hydrogen) atoms. The summed E-state index contributed by atoms with van der Waals surface area (Å²) in [4.78, 5) is 10.0. The first-order chi connectivity index (χ1) is 7.70. The molecular weight excluding hydrogens is 196 g/mol. The van der Waals surface area contributed by atoms with Crippen molar-refractivity contribution in [3.63, 3.8) is 0 Å². The average Bonchev–Trinajstić information content (AvgIpc) is 2.33. The largest absolute Gasteiger partial charge is 0.300 e. The Bertz CT molecular complexity index is 239. The van der Waals surface area contributed by atoms with E-state index in [1.165, 1.54) is 5.56 Å². The van der Waals surface area contributed by atoms with Crippen molar-refractivity contribution in [1.82, 2.24) is 0 Å². The molecule has 0 amide bonds. The Balaban J connectivity index is 0. The molecule has 0 radical (unpaired) electrons. The predicted octanol–water partition coefficient (Wildman–Crippen LogP) is 4.65. The zero-order valence-corrected chi connectivity index (χ0v) is 11.4. The number of hydrogen-bond donors (Lipinski definition) is 0. The number of hydrogen-bond acceptors (Lipinski definition) is 1. The third-order valence-electron chi connectivity index (χ3n) is 1.85. The molecule has 0 aliphatic rings. The third kappa shape index (κ3) is 12.9. The number of rotatable bonds is 3. The van der Waals surface area contributed by atoms with Crippen LogP contribution in [0.5, 0.6) is 0 Å². The van der Waals surface area contributed by atoms with E-state index in [1.807, 2.05) is 26.8 Å². The van der Waals surface area contributed by atoms with Gasteiger partial charge in [-0.3, -0.25) is 0 Å². The average molecular weight is 222 g/mol. The summed E-state index contributed by atoms with van der Waals surface area (Å²) in [7, 11) is 0. The zero-order valence-electron chi connectivity index (χ0n) is 11.4. The van der Waals surface area contributed by atoms with E-state index >= 15 is 0 Å². The first-order valence-corrected chi connectivity index (χ1v) is 6.24. The lowest BCUT2D eigenvalue weighted by atomic mass is 10.2. The molecule has 0 unspecified atom stereocenters. The molecule has 0 aliphatic carbocycles. The minimum atomic E-state index is 0.289. The molecule has 0 spiro atoms. The molecule has 1 aromatic rings. The van der Waals surface area contributed by atoms with E-state index in [0.29, 0.717) is 0 Å². The lowest BCUT2D eigenvalue weighted by Gasteiger charge is -1.89. The van der Waals surface area contributed by atoms with E-state index in [0.717, 1.165) is 19.3 Å². The maximum atomic E-state index is 10.0. The minimum absolute atomic E-state index is 0.289. The van der Waals surface area contributed by atoms with Crippen LogP contribution in [0, 0.1) is 0 Å². The second-order valence-corrected chi connectivity index (χ2v) is 3.29. The van der Waals surface area contributed by atoms with E-state index in [2.05, 4.69) is 31.2 Å². The van der Waals surface area contributed by atoms with Crippen molar-refractivity contribution in [3.8, 4) is 0 Å². The second-order valence-electron chi connectivity index (χ2n) is 3.29. The van der Waals surface area contributed by atoms with E-state index in [-0.39, 0.29) is 5.78 Å². The zero-order chi connectivity index (χ0) is 12.8. The molecular formula is C15H26O. The number of carbonyl (C=O) groups is 1. The lowest BCUT2D eigenvalue weighted by Crippen LogP contribution is -1.84. The van der Waals surface area contributed by atoms with Crippen LogP contribution in [0.25, 0.3) is 0 Å². The number of carbonyl (C=O) groups excluding carboxylic acids is 1. The van der Waals surface area contributed by atoms with E-state index in [4.69, 9.17) is 0 Å². The van der Waals surface area contributed by atoms with Crippen LogP contribution < -0.4 is 0 Å². The monoisotopic (exact) mass is 222 g/mol. The van der Waals surface area contributed by atoms with Crippen molar-refractivity contribution in [1.29, 1.82) is 0 Å².